The van der Waals surface area contributed by atoms with E-state index in [1.165, 1.54) is 0 Å². The summed E-state index contributed by atoms with van der Waals surface area (Å²) < 4.78 is 7.04. The third-order valence-corrected chi connectivity index (χ3v) is 5.52. The van der Waals surface area contributed by atoms with Crippen LogP contribution in [-0.4, -0.2) is 43.1 Å². The summed E-state index contributed by atoms with van der Waals surface area (Å²) in [5, 5.41) is 20.9. The molecular formula is C17H18N4O5S. The molecule has 4 rings (SSSR count). The summed E-state index contributed by atoms with van der Waals surface area (Å²) in [6, 6.07) is 9.42. The lowest BCUT2D eigenvalue weighted by Gasteiger charge is -2.19. The van der Waals surface area contributed by atoms with Gasteiger partial charge in [-0.3, -0.25) is 19.1 Å². The highest BCUT2D eigenvalue weighted by atomic mass is 32.1. The molecule has 1 fully saturated rings. The first kappa shape index (κ1) is 17.9. The van der Waals surface area contributed by atoms with E-state index in [1.54, 1.807) is 0 Å². The Balaban J connectivity index is 1.62. The Morgan fingerprint density at radius 2 is 2.11 bits per heavy atom. The number of nitrogens with one attached hydrogen (secondary N) is 1. The van der Waals surface area contributed by atoms with Crippen molar-refractivity contribution in [3.63, 3.8) is 0 Å². The number of rotatable bonds is 4. The lowest BCUT2D eigenvalue weighted by Crippen LogP contribution is -2.29. The fraction of sp³-hybridized carbons (Fsp3) is 0.353. The van der Waals surface area contributed by atoms with Crippen molar-refractivity contribution in [1.82, 2.24) is 14.5 Å². The highest BCUT2D eigenvalue weighted by Gasteiger charge is 2.40. The van der Waals surface area contributed by atoms with Crippen molar-refractivity contribution < 1.29 is 14.9 Å². The van der Waals surface area contributed by atoms with Crippen LogP contribution in [0.3, 0.4) is 0 Å². The second-order valence-electron chi connectivity index (χ2n) is 6.47. The van der Waals surface area contributed by atoms with Gasteiger partial charge in [0.15, 0.2) is 11.9 Å². The van der Waals surface area contributed by atoms with Crippen molar-refractivity contribution in [2.45, 2.75) is 37.4 Å². The minimum Gasteiger partial charge on any atom is -0.390 e. The third kappa shape index (κ3) is 3.28. The quantitative estimate of drug-likeness (QED) is 0.490. The van der Waals surface area contributed by atoms with Gasteiger partial charge in [0.2, 0.25) is 5.95 Å². The monoisotopic (exact) mass is 390 g/mol. The van der Waals surface area contributed by atoms with Gasteiger partial charge in [0, 0.05) is 12.8 Å². The Bertz CT molecular complexity index is 1080. The Morgan fingerprint density at radius 3 is 2.85 bits per heavy atom. The lowest BCUT2D eigenvalue weighted by atomic mass is 10.0. The van der Waals surface area contributed by atoms with Gasteiger partial charge in [0.25, 0.3) is 5.56 Å². The van der Waals surface area contributed by atoms with Crippen LogP contribution in [0.25, 0.3) is 10.3 Å². The van der Waals surface area contributed by atoms with Gasteiger partial charge in [-0.2, -0.15) is 4.98 Å². The average Bonchev–Trinajstić information content (AvgIpc) is 3.15. The molecule has 142 valence electrons. The van der Waals surface area contributed by atoms with Crippen LogP contribution >= 0.6 is 11.3 Å². The van der Waals surface area contributed by atoms with Gasteiger partial charge in [0.1, 0.15) is 10.8 Å². The Hall–Kier alpha value is -2.53. The number of aromatic amines is 1. The number of nitrogens with zero attached hydrogens (tertiary/aromatic N) is 2. The summed E-state index contributed by atoms with van der Waals surface area (Å²) in [7, 11) is 0. The van der Waals surface area contributed by atoms with E-state index in [1.807, 2.05) is 30.3 Å². The van der Waals surface area contributed by atoms with Crippen LogP contribution in [0.1, 0.15) is 18.2 Å². The van der Waals surface area contributed by atoms with Crippen molar-refractivity contribution in [3.05, 3.63) is 55.9 Å². The molecule has 0 aliphatic carbocycles. The first-order chi connectivity index (χ1) is 12.9. The number of nitrogens with two attached hydrogens (primary N) is 1. The van der Waals surface area contributed by atoms with E-state index < -0.39 is 35.0 Å². The number of aliphatic hydroxyl groups excluding tert-OH is 2. The van der Waals surface area contributed by atoms with E-state index >= 15 is 0 Å². The Labute approximate surface area is 156 Å². The Morgan fingerprint density at radius 1 is 1.37 bits per heavy atom. The van der Waals surface area contributed by atoms with Crippen LogP contribution in [0.4, 0.5) is 5.95 Å². The van der Waals surface area contributed by atoms with E-state index in [0.29, 0.717) is 17.8 Å². The van der Waals surface area contributed by atoms with Crippen LogP contribution < -0.4 is 16.2 Å². The van der Waals surface area contributed by atoms with E-state index in [9.17, 15) is 19.8 Å². The van der Waals surface area contributed by atoms with Gasteiger partial charge in [-0.15, -0.1) is 0 Å². The zero-order valence-corrected chi connectivity index (χ0v) is 14.9. The topological polar surface area (TPSA) is 143 Å². The molecule has 0 saturated carbocycles. The van der Waals surface area contributed by atoms with Crippen molar-refractivity contribution in [1.29, 1.82) is 0 Å². The number of anilines is 1. The highest BCUT2D eigenvalue weighted by molar-refractivity contribution is 7.16. The van der Waals surface area contributed by atoms with E-state index in [0.717, 1.165) is 10.1 Å². The van der Waals surface area contributed by atoms with Gasteiger partial charge in [-0.05, 0) is 5.56 Å². The van der Waals surface area contributed by atoms with Crippen molar-refractivity contribution in [2.24, 2.45) is 0 Å². The largest absolute Gasteiger partial charge is 0.390 e. The van der Waals surface area contributed by atoms with Gasteiger partial charge in [-0.25, -0.2) is 0 Å². The molecule has 0 spiro atoms. The maximum atomic E-state index is 12.4. The number of fused-ring (bicyclic) bond motifs is 1. The smallest absolute Gasteiger partial charge is 0.311 e. The van der Waals surface area contributed by atoms with Gasteiger partial charge >= 0.3 is 4.87 Å². The maximum Gasteiger partial charge on any atom is 0.311 e. The standard InChI is InChI=1S/C17H18N4O5S/c18-16-19-13-12(14(24)20-16)27-17(25)21(13)15-10(23)7-11(26-15)9(22)6-8-4-2-1-3-5-8/h1-5,9-11,15,22-23H,6-7H2,(H3,18,19,20,24)/t9?,10-,11+,15-/m1/s1. The maximum absolute atomic E-state index is 12.4. The van der Waals surface area contributed by atoms with Crippen LogP contribution in [0, 0.1) is 0 Å². The minimum absolute atomic E-state index is 0.0634. The minimum atomic E-state index is -1.05. The molecule has 3 aromatic rings. The molecule has 0 radical (unpaired) electrons. The normalized spacial score (nSPS) is 23.7. The number of ether oxygens (including phenoxy) is 1. The van der Waals surface area contributed by atoms with Crippen LogP contribution in [0.15, 0.2) is 39.9 Å². The molecule has 10 heteroatoms. The van der Waals surface area contributed by atoms with Gasteiger partial charge in [0.05, 0.1) is 12.2 Å². The fourth-order valence-corrected chi connectivity index (χ4v) is 4.16. The molecule has 1 saturated heterocycles. The van der Waals surface area contributed by atoms with E-state index in [2.05, 4.69) is 9.97 Å². The number of benzene rings is 1. The zero-order chi connectivity index (χ0) is 19.1. The number of hydrogen-bond acceptors (Lipinski definition) is 8. The van der Waals surface area contributed by atoms with Crippen LogP contribution in [0.5, 0.6) is 0 Å². The molecule has 0 amide bonds. The molecule has 3 heterocycles. The highest BCUT2D eigenvalue weighted by Crippen LogP contribution is 2.32. The zero-order valence-electron chi connectivity index (χ0n) is 14.1. The van der Waals surface area contributed by atoms with Gasteiger partial charge < -0.3 is 20.7 Å². The van der Waals surface area contributed by atoms with Crippen LogP contribution in [0.2, 0.25) is 0 Å². The molecule has 1 aliphatic heterocycles. The molecule has 27 heavy (non-hydrogen) atoms. The second-order valence-corrected chi connectivity index (χ2v) is 7.43. The molecule has 1 aliphatic rings. The number of nitrogen functional groups attached to an aromatic ring is 1. The number of aromatic nitrogens is 3. The Kier molecular flexibility index (Phi) is 4.56. The number of H-pyrrole nitrogens is 1. The van der Waals surface area contributed by atoms with Gasteiger partial charge in [-0.1, -0.05) is 41.7 Å². The summed E-state index contributed by atoms with van der Waals surface area (Å²) >= 11 is 0.707. The SMILES string of the molecule is Nc1nc2c(sc(=O)n2[C@@H]2O[C@H](C(O)Cc3ccccc3)C[C@H]2O)c(=O)[nH]1. The average molecular weight is 390 g/mol. The number of thiazole rings is 1. The molecule has 2 aromatic heterocycles. The third-order valence-electron chi connectivity index (χ3n) is 4.58. The lowest BCUT2D eigenvalue weighted by molar-refractivity contribution is -0.0743. The summed E-state index contributed by atoms with van der Waals surface area (Å²) in [6.45, 7) is 0. The fourth-order valence-electron chi connectivity index (χ4n) is 3.32. The van der Waals surface area contributed by atoms with E-state index in [-0.39, 0.29) is 22.7 Å². The second kappa shape index (κ2) is 6.89. The molecule has 4 atom stereocenters. The summed E-state index contributed by atoms with van der Waals surface area (Å²) in [5.74, 6) is -0.132. The summed E-state index contributed by atoms with van der Waals surface area (Å²) in [5.41, 5.74) is 6.05. The molecule has 1 aromatic carbocycles. The first-order valence-corrected chi connectivity index (χ1v) is 9.22. The molecule has 0 bridgehead atoms. The molecule has 5 N–H and O–H groups in total. The van der Waals surface area contributed by atoms with Crippen molar-refractivity contribution >= 4 is 27.6 Å². The van der Waals surface area contributed by atoms with E-state index in [4.69, 9.17) is 10.5 Å². The summed E-state index contributed by atoms with van der Waals surface area (Å²) in [4.78, 5) is 30.2. The molecule has 9 nitrogen and oxygen atoms in total. The predicted molar refractivity (Wildman–Crippen MR) is 99.6 cm³/mol. The molecule has 1 unspecified atom stereocenters. The number of hydrogen-bond donors (Lipinski definition) is 4. The molecular weight excluding hydrogens is 372 g/mol. The van der Waals surface area contributed by atoms with Crippen LogP contribution in [-0.2, 0) is 11.2 Å². The number of aliphatic hydroxyl groups is 2. The summed E-state index contributed by atoms with van der Waals surface area (Å²) in [6.07, 6.45) is -3.08. The van der Waals surface area contributed by atoms with Crippen molar-refractivity contribution in [2.75, 3.05) is 5.73 Å². The first-order valence-electron chi connectivity index (χ1n) is 8.40. The predicted octanol–water partition coefficient (Wildman–Crippen LogP) is -0.0195. The van der Waals surface area contributed by atoms with Crippen molar-refractivity contribution in [3.8, 4) is 0 Å².